The summed E-state index contributed by atoms with van der Waals surface area (Å²) >= 11 is 0. The summed E-state index contributed by atoms with van der Waals surface area (Å²) < 4.78 is 25.6. The van der Waals surface area contributed by atoms with Crippen LogP contribution in [0.25, 0.3) is 0 Å². The number of nitrogens with zero attached hydrogens (tertiary/aromatic N) is 1. The molecule has 0 unspecified atom stereocenters. The van der Waals surface area contributed by atoms with Crippen LogP contribution in [0.15, 0.2) is 29.2 Å². The summed E-state index contributed by atoms with van der Waals surface area (Å²) in [6, 6.07) is 4.90. The van der Waals surface area contributed by atoms with E-state index < -0.39 is 22.0 Å². The zero-order valence-corrected chi connectivity index (χ0v) is 10.4. The molecule has 0 amide bonds. The van der Waals surface area contributed by atoms with E-state index in [4.69, 9.17) is 10.8 Å². The van der Waals surface area contributed by atoms with Crippen LogP contribution in [-0.2, 0) is 14.8 Å². The Balaban J connectivity index is 2.40. The Hall–Kier alpha value is -1.60. The van der Waals surface area contributed by atoms with E-state index in [-0.39, 0.29) is 11.4 Å². The molecule has 7 heteroatoms. The van der Waals surface area contributed by atoms with Gasteiger partial charge in [-0.2, -0.15) is 4.31 Å². The molecule has 3 N–H and O–H groups in total. The van der Waals surface area contributed by atoms with Gasteiger partial charge < -0.3 is 10.8 Å². The van der Waals surface area contributed by atoms with Crippen molar-refractivity contribution in [2.24, 2.45) is 0 Å². The molecule has 1 aliphatic heterocycles. The third kappa shape index (κ3) is 2.19. The highest BCUT2D eigenvalue weighted by molar-refractivity contribution is 7.89. The number of hydrogen-bond donors (Lipinski definition) is 2. The molecule has 0 spiro atoms. The first-order valence-electron chi connectivity index (χ1n) is 5.53. The summed E-state index contributed by atoms with van der Waals surface area (Å²) in [4.78, 5) is 11.1. The van der Waals surface area contributed by atoms with Crippen molar-refractivity contribution < 1.29 is 18.3 Å². The van der Waals surface area contributed by atoms with E-state index >= 15 is 0 Å². The van der Waals surface area contributed by atoms with Crippen molar-refractivity contribution in [3.05, 3.63) is 24.3 Å². The van der Waals surface area contributed by atoms with Gasteiger partial charge in [-0.3, -0.25) is 4.79 Å². The minimum Gasteiger partial charge on any atom is -0.480 e. The molecule has 0 aromatic heterocycles. The molecule has 1 atom stereocenters. The molecule has 1 aliphatic rings. The van der Waals surface area contributed by atoms with Crippen LogP contribution < -0.4 is 5.73 Å². The molecule has 0 saturated carbocycles. The quantitative estimate of drug-likeness (QED) is 0.779. The number of anilines is 1. The van der Waals surface area contributed by atoms with Crippen molar-refractivity contribution in [3.8, 4) is 0 Å². The SMILES string of the molecule is Nc1cccc(S(=O)(=O)N2CCC[C@@H]2C(=O)O)c1. The van der Waals surface area contributed by atoms with E-state index in [1.54, 1.807) is 6.07 Å². The monoisotopic (exact) mass is 270 g/mol. The van der Waals surface area contributed by atoms with Crippen LogP contribution >= 0.6 is 0 Å². The van der Waals surface area contributed by atoms with Gasteiger partial charge in [-0.1, -0.05) is 6.07 Å². The number of aliphatic carboxylic acids is 1. The fourth-order valence-corrected chi connectivity index (χ4v) is 3.79. The first kappa shape index (κ1) is 12.8. The Morgan fingerprint density at radius 1 is 1.44 bits per heavy atom. The molecule has 18 heavy (non-hydrogen) atoms. The average molecular weight is 270 g/mol. The van der Waals surface area contributed by atoms with Crippen LogP contribution in [0.1, 0.15) is 12.8 Å². The van der Waals surface area contributed by atoms with Crippen molar-refractivity contribution in [3.63, 3.8) is 0 Å². The van der Waals surface area contributed by atoms with E-state index in [0.717, 1.165) is 4.31 Å². The second-order valence-electron chi connectivity index (χ2n) is 4.18. The Kier molecular flexibility index (Phi) is 3.27. The van der Waals surface area contributed by atoms with E-state index in [1.807, 2.05) is 0 Å². The smallest absolute Gasteiger partial charge is 0.322 e. The lowest BCUT2D eigenvalue weighted by atomic mass is 10.2. The zero-order chi connectivity index (χ0) is 13.3. The van der Waals surface area contributed by atoms with Crippen LogP contribution in [-0.4, -0.2) is 36.4 Å². The van der Waals surface area contributed by atoms with Crippen LogP contribution in [0, 0.1) is 0 Å². The Bertz CT molecular complexity index is 570. The molecule has 1 saturated heterocycles. The van der Waals surface area contributed by atoms with Gasteiger partial charge in [-0.05, 0) is 31.0 Å². The van der Waals surface area contributed by atoms with Crippen LogP contribution in [0.3, 0.4) is 0 Å². The second kappa shape index (κ2) is 4.58. The number of nitrogens with two attached hydrogens (primary N) is 1. The molecule has 1 aromatic carbocycles. The van der Waals surface area contributed by atoms with Gasteiger partial charge in [0.1, 0.15) is 6.04 Å². The van der Waals surface area contributed by atoms with E-state index in [0.29, 0.717) is 18.5 Å². The Morgan fingerprint density at radius 2 is 2.17 bits per heavy atom. The summed E-state index contributed by atoms with van der Waals surface area (Å²) in [6.07, 6.45) is 0.898. The van der Waals surface area contributed by atoms with Gasteiger partial charge in [-0.15, -0.1) is 0 Å². The highest BCUT2D eigenvalue weighted by Gasteiger charge is 2.39. The number of carboxylic acid groups (broad SMARTS) is 1. The molecule has 0 aliphatic carbocycles. The number of benzene rings is 1. The number of sulfonamides is 1. The van der Waals surface area contributed by atoms with Gasteiger partial charge in [0.25, 0.3) is 0 Å². The highest BCUT2D eigenvalue weighted by Crippen LogP contribution is 2.26. The molecule has 98 valence electrons. The molecular weight excluding hydrogens is 256 g/mol. The first-order chi connectivity index (χ1) is 8.43. The van der Waals surface area contributed by atoms with Crippen molar-refractivity contribution in [2.75, 3.05) is 12.3 Å². The van der Waals surface area contributed by atoms with E-state index in [1.165, 1.54) is 18.2 Å². The number of nitrogen functional groups attached to an aromatic ring is 1. The molecular formula is C11H14N2O4S. The van der Waals surface area contributed by atoms with Gasteiger partial charge in [-0.25, -0.2) is 8.42 Å². The van der Waals surface area contributed by atoms with Gasteiger partial charge >= 0.3 is 5.97 Å². The Labute approximate surface area is 105 Å². The predicted molar refractivity (Wildman–Crippen MR) is 65.4 cm³/mol. The van der Waals surface area contributed by atoms with Crippen molar-refractivity contribution in [1.82, 2.24) is 4.31 Å². The van der Waals surface area contributed by atoms with Crippen molar-refractivity contribution >= 4 is 21.7 Å². The molecule has 1 aromatic rings. The van der Waals surface area contributed by atoms with Gasteiger partial charge in [0, 0.05) is 12.2 Å². The van der Waals surface area contributed by atoms with Gasteiger partial charge in [0.05, 0.1) is 4.90 Å². The third-order valence-corrected chi connectivity index (χ3v) is 4.86. The fraction of sp³-hybridized carbons (Fsp3) is 0.364. The maximum Gasteiger partial charge on any atom is 0.322 e. The lowest BCUT2D eigenvalue weighted by Gasteiger charge is -2.21. The van der Waals surface area contributed by atoms with Crippen molar-refractivity contribution in [1.29, 1.82) is 0 Å². The second-order valence-corrected chi connectivity index (χ2v) is 6.08. The van der Waals surface area contributed by atoms with Gasteiger partial charge in [0.2, 0.25) is 10.0 Å². The minimum absolute atomic E-state index is 0.0376. The normalized spacial score (nSPS) is 21.0. The number of carboxylic acids is 1. The standard InChI is InChI=1S/C11H14N2O4S/c12-8-3-1-4-9(7-8)18(16,17)13-6-2-5-10(13)11(14)15/h1,3-4,7,10H,2,5-6,12H2,(H,14,15)/t10-/m1/s1. The molecule has 2 rings (SSSR count). The topological polar surface area (TPSA) is 101 Å². The maximum atomic E-state index is 12.3. The summed E-state index contributed by atoms with van der Waals surface area (Å²) in [5, 5.41) is 9.02. The van der Waals surface area contributed by atoms with Crippen LogP contribution in [0.5, 0.6) is 0 Å². The van der Waals surface area contributed by atoms with Crippen LogP contribution in [0.4, 0.5) is 5.69 Å². The number of carbonyl (C=O) groups is 1. The summed E-state index contributed by atoms with van der Waals surface area (Å²) in [5.74, 6) is -1.11. The molecule has 0 radical (unpaired) electrons. The first-order valence-corrected chi connectivity index (χ1v) is 6.97. The van der Waals surface area contributed by atoms with Crippen molar-refractivity contribution in [2.45, 2.75) is 23.8 Å². The summed E-state index contributed by atoms with van der Waals surface area (Å²) in [7, 11) is -3.78. The van der Waals surface area contributed by atoms with E-state index in [2.05, 4.69) is 0 Å². The largest absolute Gasteiger partial charge is 0.480 e. The van der Waals surface area contributed by atoms with E-state index in [9.17, 15) is 13.2 Å². The van der Waals surface area contributed by atoms with Gasteiger partial charge in [0.15, 0.2) is 0 Å². The summed E-state index contributed by atoms with van der Waals surface area (Å²) in [6.45, 7) is 0.230. The third-order valence-electron chi connectivity index (χ3n) is 2.95. The number of rotatable bonds is 3. The predicted octanol–water partition coefficient (Wildman–Crippen LogP) is 0.506. The lowest BCUT2D eigenvalue weighted by molar-refractivity contribution is -0.140. The molecule has 0 bridgehead atoms. The maximum absolute atomic E-state index is 12.3. The minimum atomic E-state index is -3.78. The molecule has 6 nitrogen and oxygen atoms in total. The summed E-state index contributed by atoms with van der Waals surface area (Å²) in [5.41, 5.74) is 5.88. The zero-order valence-electron chi connectivity index (χ0n) is 9.61. The number of hydrogen-bond acceptors (Lipinski definition) is 4. The molecule has 1 fully saturated rings. The molecule has 1 heterocycles. The lowest BCUT2D eigenvalue weighted by Crippen LogP contribution is -2.40. The van der Waals surface area contributed by atoms with Crippen LogP contribution in [0.2, 0.25) is 0 Å². The Morgan fingerprint density at radius 3 is 2.78 bits per heavy atom. The average Bonchev–Trinajstić information content (AvgIpc) is 2.78. The highest BCUT2D eigenvalue weighted by atomic mass is 32.2. The fourth-order valence-electron chi connectivity index (χ4n) is 2.09.